The Morgan fingerprint density at radius 2 is 2.29 bits per heavy atom. The maximum absolute atomic E-state index is 12.1. The van der Waals surface area contributed by atoms with Crippen LogP contribution in [0.1, 0.15) is 5.56 Å². The third-order valence-electron chi connectivity index (χ3n) is 2.49. The summed E-state index contributed by atoms with van der Waals surface area (Å²) in [5.41, 5.74) is 7.97. The van der Waals surface area contributed by atoms with Crippen molar-refractivity contribution < 1.29 is 14.3 Å². The predicted molar refractivity (Wildman–Crippen MR) is 88.4 cm³/mol. The number of hydrogen-bond acceptors (Lipinski definition) is 5. The minimum atomic E-state index is -0.847. The minimum absolute atomic E-state index is 0.220. The van der Waals surface area contributed by atoms with E-state index in [-0.39, 0.29) is 4.32 Å². The van der Waals surface area contributed by atoms with Crippen molar-refractivity contribution in [2.24, 2.45) is 5.73 Å². The summed E-state index contributed by atoms with van der Waals surface area (Å²) in [6, 6.07) is 4.54. The van der Waals surface area contributed by atoms with Gasteiger partial charge in [-0.2, -0.15) is 5.01 Å². The Morgan fingerprint density at radius 1 is 1.57 bits per heavy atom. The number of urea groups is 1. The number of nitrogens with zero attached hydrogens (tertiary/aromatic N) is 1. The maximum Gasteiger partial charge on any atom is 0.331 e. The molecule has 0 spiro atoms. The number of nitrogens with two attached hydrogens (primary N) is 1. The summed E-state index contributed by atoms with van der Waals surface area (Å²) in [5.74, 6) is 0.269. The summed E-state index contributed by atoms with van der Waals surface area (Å²) in [4.78, 5) is 23.3. The largest absolute Gasteiger partial charge is 0.496 e. The number of nitrogens with one attached hydrogen (secondary N) is 1. The number of hydrazine groups is 1. The summed E-state index contributed by atoms with van der Waals surface area (Å²) in [6.45, 7) is 0. The van der Waals surface area contributed by atoms with E-state index >= 15 is 0 Å². The Hall–Kier alpha value is -1.58. The molecule has 0 bridgehead atoms. The van der Waals surface area contributed by atoms with E-state index in [9.17, 15) is 9.59 Å². The van der Waals surface area contributed by atoms with Crippen LogP contribution in [0.3, 0.4) is 0 Å². The lowest BCUT2D eigenvalue weighted by Crippen LogP contribution is -2.47. The molecule has 1 aliphatic rings. The molecule has 0 atom stereocenters. The minimum Gasteiger partial charge on any atom is -0.496 e. The second-order valence-corrected chi connectivity index (χ2v) is 6.42. The summed E-state index contributed by atoms with van der Waals surface area (Å²) in [7, 11) is 1.57. The second kappa shape index (κ2) is 6.46. The SMILES string of the molecule is COc1ccc(C=C2SC(=S)N(NC(N)=O)C2=O)cc1Br. The molecule has 110 valence electrons. The maximum atomic E-state index is 12.1. The number of halogens is 1. The molecule has 21 heavy (non-hydrogen) atoms. The number of methoxy groups -OCH3 is 1. The Labute approximate surface area is 138 Å². The molecule has 1 aromatic carbocycles. The van der Waals surface area contributed by atoms with E-state index < -0.39 is 11.9 Å². The molecule has 0 aliphatic carbocycles. The van der Waals surface area contributed by atoms with Gasteiger partial charge in [-0.3, -0.25) is 4.79 Å². The summed E-state index contributed by atoms with van der Waals surface area (Å²) < 4.78 is 6.13. The lowest BCUT2D eigenvalue weighted by atomic mass is 10.2. The Kier molecular flexibility index (Phi) is 4.86. The van der Waals surface area contributed by atoms with Crippen LogP contribution in [0.5, 0.6) is 5.75 Å². The van der Waals surface area contributed by atoms with Crippen LogP contribution in [0.25, 0.3) is 6.08 Å². The Balaban J connectivity index is 2.26. The summed E-state index contributed by atoms with van der Waals surface area (Å²) in [6.07, 6.45) is 1.67. The Morgan fingerprint density at radius 3 is 2.86 bits per heavy atom. The van der Waals surface area contributed by atoms with Gasteiger partial charge in [0.15, 0.2) is 4.32 Å². The van der Waals surface area contributed by atoms with Gasteiger partial charge in [0, 0.05) is 0 Å². The van der Waals surface area contributed by atoms with E-state index in [0.717, 1.165) is 26.8 Å². The van der Waals surface area contributed by atoms with Crippen LogP contribution < -0.4 is 15.9 Å². The number of hydrogen-bond donors (Lipinski definition) is 2. The predicted octanol–water partition coefficient (Wildman–Crippen LogP) is 2.24. The van der Waals surface area contributed by atoms with Gasteiger partial charge in [0.25, 0.3) is 5.91 Å². The topological polar surface area (TPSA) is 84.7 Å². The molecule has 2 rings (SSSR count). The van der Waals surface area contributed by atoms with Crippen LogP contribution in [0, 0.1) is 0 Å². The lowest BCUT2D eigenvalue weighted by molar-refractivity contribution is -0.123. The Bertz CT molecular complexity index is 663. The van der Waals surface area contributed by atoms with E-state index in [1.165, 1.54) is 0 Å². The number of thioether (sulfide) groups is 1. The van der Waals surface area contributed by atoms with E-state index in [1.807, 2.05) is 6.07 Å². The normalized spacial score (nSPS) is 16.5. The third-order valence-corrected chi connectivity index (χ3v) is 4.41. The molecule has 0 saturated carbocycles. The van der Waals surface area contributed by atoms with Crippen molar-refractivity contribution in [2.45, 2.75) is 0 Å². The number of ether oxygens (including phenoxy) is 1. The number of primary amides is 1. The summed E-state index contributed by atoms with van der Waals surface area (Å²) >= 11 is 9.48. The quantitative estimate of drug-likeness (QED) is 0.613. The van der Waals surface area contributed by atoms with Crippen LogP contribution in [0.4, 0.5) is 4.79 Å². The first-order valence-corrected chi connectivity index (χ1v) is 7.61. The zero-order chi connectivity index (χ0) is 15.6. The van der Waals surface area contributed by atoms with Crippen molar-refractivity contribution >= 4 is 62.2 Å². The molecule has 6 nitrogen and oxygen atoms in total. The van der Waals surface area contributed by atoms with Gasteiger partial charge in [0.1, 0.15) is 5.75 Å². The number of amides is 3. The van der Waals surface area contributed by atoms with Crippen LogP contribution in [-0.4, -0.2) is 28.4 Å². The molecule has 1 heterocycles. The molecular weight excluding hydrogens is 378 g/mol. The highest BCUT2D eigenvalue weighted by molar-refractivity contribution is 9.10. The monoisotopic (exact) mass is 387 g/mol. The number of carbonyl (C=O) groups excluding carboxylic acids is 2. The van der Waals surface area contributed by atoms with Crippen LogP contribution in [0.15, 0.2) is 27.6 Å². The fourth-order valence-corrected chi connectivity index (χ4v) is 3.34. The highest BCUT2D eigenvalue weighted by Crippen LogP contribution is 2.33. The van der Waals surface area contributed by atoms with Crippen LogP contribution in [-0.2, 0) is 4.79 Å². The fraction of sp³-hybridized carbons (Fsp3) is 0.0833. The van der Waals surface area contributed by atoms with Gasteiger partial charge in [-0.1, -0.05) is 17.8 Å². The van der Waals surface area contributed by atoms with Crippen molar-refractivity contribution in [1.82, 2.24) is 10.4 Å². The van der Waals surface area contributed by atoms with Gasteiger partial charge >= 0.3 is 6.03 Å². The first-order chi connectivity index (χ1) is 9.92. The van der Waals surface area contributed by atoms with Crippen molar-refractivity contribution in [2.75, 3.05) is 7.11 Å². The average Bonchev–Trinajstić information content (AvgIpc) is 2.66. The molecule has 9 heteroatoms. The molecular formula is C12H10BrN3O3S2. The molecule has 0 unspecified atom stereocenters. The van der Waals surface area contributed by atoms with E-state index in [2.05, 4.69) is 21.4 Å². The third kappa shape index (κ3) is 3.55. The number of benzene rings is 1. The highest BCUT2D eigenvalue weighted by atomic mass is 79.9. The summed E-state index contributed by atoms with van der Waals surface area (Å²) in [5, 5.41) is 0.951. The zero-order valence-electron chi connectivity index (χ0n) is 10.8. The number of rotatable bonds is 3. The van der Waals surface area contributed by atoms with Gasteiger partial charge in [-0.25, -0.2) is 10.2 Å². The van der Waals surface area contributed by atoms with Gasteiger partial charge < -0.3 is 10.5 Å². The van der Waals surface area contributed by atoms with Crippen LogP contribution in [0.2, 0.25) is 0 Å². The number of carbonyl (C=O) groups is 2. The average molecular weight is 388 g/mol. The van der Waals surface area contributed by atoms with Crippen LogP contribution >= 0.6 is 39.9 Å². The first kappa shape index (κ1) is 15.8. The van der Waals surface area contributed by atoms with Gasteiger partial charge in [0.05, 0.1) is 16.5 Å². The smallest absolute Gasteiger partial charge is 0.331 e. The molecule has 0 aromatic heterocycles. The molecule has 1 aliphatic heterocycles. The van der Waals surface area contributed by atoms with Gasteiger partial charge in [-0.15, -0.1) is 0 Å². The van der Waals surface area contributed by atoms with E-state index in [0.29, 0.717) is 10.7 Å². The molecule has 1 aromatic rings. The molecule has 3 N–H and O–H groups in total. The van der Waals surface area contributed by atoms with Gasteiger partial charge in [-0.05, 0) is 51.9 Å². The molecule has 1 fully saturated rings. The van der Waals surface area contributed by atoms with Crippen molar-refractivity contribution in [3.05, 3.63) is 33.1 Å². The molecule has 0 radical (unpaired) electrons. The standard InChI is InChI=1S/C12H10BrN3O3S2/c1-19-8-3-2-6(4-7(8)13)5-9-10(17)16(12(20)21-9)15-11(14)18/h2-5H,1H3,(H3,14,15,18). The first-order valence-electron chi connectivity index (χ1n) is 5.60. The molecule has 1 saturated heterocycles. The van der Waals surface area contributed by atoms with Crippen molar-refractivity contribution in [1.29, 1.82) is 0 Å². The fourth-order valence-electron chi connectivity index (χ4n) is 1.60. The lowest BCUT2D eigenvalue weighted by Gasteiger charge is -2.12. The number of thiocarbonyl (C=S) groups is 1. The zero-order valence-corrected chi connectivity index (χ0v) is 14.0. The van der Waals surface area contributed by atoms with Crippen molar-refractivity contribution in [3.8, 4) is 5.75 Å². The second-order valence-electron chi connectivity index (χ2n) is 3.89. The molecule has 3 amide bonds. The highest BCUT2D eigenvalue weighted by Gasteiger charge is 2.33. The van der Waals surface area contributed by atoms with Gasteiger partial charge in [0.2, 0.25) is 0 Å². The van der Waals surface area contributed by atoms with Crippen molar-refractivity contribution in [3.63, 3.8) is 0 Å². The van der Waals surface area contributed by atoms with E-state index in [1.54, 1.807) is 25.3 Å². The van der Waals surface area contributed by atoms with E-state index in [4.69, 9.17) is 22.7 Å².